The first-order chi connectivity index (χ1) is 12.6. The number of nitrogens with zero attached hydrogens (tertiary/aromatic N) is 3. The van der Waals surface area contributed by atoms with Crippen LogP contribution in [0.25, 0.3) is 0 Å². The number of amides is 3. The molecule has 0 spiro atoms. The summed E-state index contributed by atoms with van der Waals surface area (Å²) >= 11 is 1.74. The number of aryl methyl sites for hydroxylation is 1. The van der Waals surface area contributed by atoms with Gasteiger partial charge < -0.3 is 0 Å². The lowest BCUT2D eigenvalue weighted by Gasteiger charge is -2.27. The Morgan fingerprint density at radius 3 is 2.62 bits per heavy atom. The van der Waals surface area contributed by atoms with Crippen molar-refractivity contribution in [1.82, 2.24) is 9.80 Å². The predicted molar refractivity (Wildman–Crippen MR) is 103 cm³/mol. The number of thiophene rings is 1. The van der Waals surface area contributed by atoms with Crippen molar-refractivity contribution in [2.75, 3.05) is 18.1 Å². The average Bonchev–Trinajstić information content (AvgIpc) is 3.35. The van der Waals surface area contributed by atoms with Crippen molar-refractivity contribution in [2.24, 2.45) is 0 Å². The summed E-state index contributed by atoms with van der Waals surface area (Å²) in [4.78, 5) is 32.4. The molecule has 0 saturated carbocycles. The molecule has 4 rings (SSSR count). The maximum Gasteiger partial charge on any atom is 0.333 e. The van der Waals surface area contributed by atoms with Gasteiger partial charge in [0, 0.05) is 23.2 Å². The minimum atomic E-state index is -0.465. The molecule has 6 heteroatoms. The molecule has 1 aromatic heterocycles. The lowest BCUT2D eigenvalue weighted by molar-refractivity contribution is -0.128. The Balaban J connectivity index is 1.54. The van der Waals surface area contributed by atoms with E-state index in [0.717, 1.165) is 30.6 Å². The van der Waals surface area contributed by atoms with E-state index in [2.05, 4.69) is 22.4 Å². The Bertz CT molecular complexity index is 803. The van der Waals surface area contributed by atoms with Crippen LogP contribution < -0.4 is 4.90 Å². The number of benzene rings is 1. The summed E-state index contributed by atoms with van der Waals surface area (Å²) < 4.78 is 0. The molecule has 0 N–H and O–H groups in total. The molecular formula is C20H23N3O2S. The van der Waals surface area contributed by atoms with Crippen LogP contribution in [0.5, 0.6) is 0 Å². The normalized spacial score (nSPS) is 24.1. The number of rotatable bonds is 4. The molecule has 2 fully saturated rings. The third-order valence-corrected chi connectivity index (χ3v) is 6.29. The van der Waals surface area contributed by atoms with Crippen molar-refractivity contribution in [3.63, 3.8) is 0 Å². The molecule has 26 heavy (non-hydrogen) atoms. The number of carbonyl (C=O) groups is 2. The van der Waals surface area contributed by atoms with E-state index in [1.54, 1.807) is 23.2 Å². The zero-order valence-electron chi connectivity index (χ0n) is 15.1. The van der Waals surface area contributed by atoms with Crippen molar-refractivity contribution >= 4 is 29.0 Å². The van der Waals surface area contributed by atoms with E-state index in [9.17, 15) is 9.59 Å². The van der Waals surface area contributed by atoms with Gasteiger partial charge in [0.1, 0.15) is 6.04 Å². The minimum Gasteiger partial charge on any atom is -0.282 e. The van der Waals surface area contributed by atoms with Gasteiger partial charge in [-0.05, 0) is 50.3 Å². The SMILES string of the molecule is Cc1ccc(N2C(=O)N(CN3CCC[C@@H]3c3cccs3)C(=O)[C@H]2C)cc1. The highest BCUT2D eigenvalue weighted by atomic mass is 32.1. The van der Waals surface area contributed by atoms with Crippen LogP contribution in [0.2, 0.25) is 0 Å². The van der Waals surface area contributed by atoms with Gasteiger partial charge in [-0.3, -0.25) is 14.6 Å². The summed E-state index contributed by atoms with van der Waals surface area (Å²) in [5.41, 5.74) is 1.91. The van der Waals surface area contributed by atoms with Gasteiger partial charge >= 0.3 is 6.03 Å². The van der Waals surface area contributed by atoms with Crippen LogP contribution in [-0.4, -0.2) is 41.0 Å². The molecule has 0 aliphatic carbocycles. The van der Waals surface area contributed by atoms with Crippen LogP contribution in [0.4, 0.5) is 10.5 Å². The van der Waals surface area contributed by atoms with Crippen LogP contribution in [0.1, 0.15) is 36.2 Å². The molecule has 3 heterocycles. The van der Waals surface area contributed by atoms with Crippen LogP contribution in [0, 0.1) is 6.92 Å². The smallest absolute Gasteiger partial charge is 0.282 e. The van der Waals surface area contributed by atoms with Crippen LogP contribution >= 0.6 is 11.3 Å². The minimum absolute atomic E-state index is 0.118. The van der Waals surface area contributed by atoms with Crippen molar-refractivity contribution < 1.29 is 9.59 Å². The molecule has 3 amide bonds. The summed E-state index contributed by atoms with van der Waals surface area (Å²) in [5.74, 6) is -0.118. The van der Waals surface area contributed by atoms with Gasteiger partial charge in [0.05, 0.1) is 6.67 Å². The maximum atomic E-state index is 13.0. The fourth-order valence-corrected chi connectivity index (χ4v) is 4.77. The molecule has 0 bridgehead atoms. The fraction of sp³-hybridized carbons (Fsp3) is 0.400. The molecule has 0 unspecified atom stereocenters. The second-order valence-corrected chi connectivity index (χ2v) is 8.04. The largest absolute Gasteiger partial charge is 0.333 e. The molecule has 5 nitrogen and oxygen atoms in total. The summed E-state index contributed by atoms with van der Waals surface area (Å²) in [7, 11) is 0. The first kappa shape index (κ1) is 17.2. The summed E-state index contributed by atoms with van der Waals surface area (Å²) in [6.07, 6.45) is 2.17. The molecular weight excluding hydrogens is 346 g/mol. The first-order valence-corrected chi connectivity index (χ1v) is 9.93. The number of likely N-dealkylation sites (tertiary alicyclic amines) is 1. The van der Waals surface area contributed by atoms with E-state index in [4.69, 9.17) is 0 Å². The second-order valence-electron chi connectivity index (χ2n) is 7.06. The molecule has 2 aliphatic heterocycles. The van der Waals surface area contributed by atoms with Gasteiger partial charge in [-0.25, -0.2) is 9.69 Å². The van der Waals surface area contributed by atoms with E-state index >= 15 is 0 Å². The number of hydrogen-bond acceptors (Lipinski definition) is 4. The first-order valence-electron chi connectivity index (χ1n) is 9.05. The van der Waals surface area contributed by atoms with Gasteiger partial charge in [-0.2, -0.15) is 0 Å². The van der Waals surface area contributed by atoms with Gasteiger partial charge in [-0.1, -0.05) is 23.8 Å². The zero-order chi connectivity index (χ0) is 18.3. The molecule has 2 aromatic rings. The summed E-state index contributed by atoms with van der Waals surface area (Å²) in [6, 6.07) is 11.6. The van der Waals surface area contributed by atoms with Crippen molar-refractivity contribution in [1.29, 1.82) is 0 Å². The molecule has 2 atom stereocenters. The van der Waals surface area contributed by atoms with Crippen molar-refractivity contribution in [2.45, 2.75) is 38.8 Å². The third kappa shape index (κ3) is 2.93. The van der Waals surface area contributed by atoms with Gasteiger partial charge in [0.25, 0.3) is 5.91 Å². The highest BCUT2D eigenvalue weighted by Crippen LogP contribution is 2.35. The van der Waals surface area contributed by atoms with Gasteiger partial charge in [0.15, 0.2) is 0 Å². The third-order valence-electron chi connectivity index (χ3n) is 5.32. The van der Waals surface area contributed by atoms with Crippen LogP contribution in [0.15, 0.2) is 41.8 Å². The Morgan fingerprint density at radius 2 is 1.92 bits per heavy atom. The Hall–Kier alpha value is -2.18. The number of carbonyl (C=O) groups excluding carboxylic acids is 2. The van der Waals surface area contributed by atoms with E-state index < -0.39 is 6.04 Å². The fourth-order valence-electron chi connectivity index (χ4n) is 3.88. The Labute approximate surface area is 157 Å². The molecule has 2 aliphatic rings. The molecule has 1 aromatic carbocycles. The molecule has 2 saturated heterocycles. The predicted octanol–water partition coefficient (Wildman–Crippen LogP) is 4.01. The monoisotopic (exact) mass is 369 g/mol. The lowest BCUT2D eigenvalue weighted by atomic mass is 10.2. The quantitative estimate of drug-likeness (QED) is 0.765. The van der Waals surface area contributed by atoms with Crippen molar-refractivity contribution in [3.8, 4) is 0 Å². The summed E-state index contributed by atoms with van der Waals surface area (Å²) in [6.45, 7) is 5.10. The average molecular weight is 369 g/mol. The van der Waals surface area contributed by atoms with Crippen molar-refractivity contribution in [3.05, 3.63) is 52.2 Å². The Morgan fingerprint density at radius 1 is 1.15 bits per heavy atom. The zero-order valence-corrected chi connectivity index (χ0v) is 15.9. The van der Waals surface area contributed by atoms with E-state index in [-0.39, 0.29) is 11.9 Å². The maximum absolute atomic E-state index is 13.0. The standard InChI is InChI=1S/C20H23N3O2S/c1-14-7-9-16(10-8-14)23-15(2)19(24)22(20(23)25)13-21-11-3-5-17(21)18-6-4-12-26-18/h4,6-10,12,15,17H,3,5,11,13H2,1-2H3/t15-,17-/m1/s1. The van der Waals surface area contributed by atoms with E-state index in [1.165, 1.54) is 9.78 Å². The lowest BCUT2D eigenvalue weighted by Crippen LogP contribution is -2.42. The number of imide groups is 1. The highest BCUT2D eigenvalue weighted by Gasteiger charge is 2.44. The molecule has 0 radical (unpaired) electrons. The van der Waals surface area contributed by atoms with Crippen LogP contribution in [-0.2, 0) is 4.79 Å². The number of urea groups is 1. The van der Waals surface area contributed by atoms with E-state index in [1.807, 2.05) is 31.2 Å². The van der Waals surface area contributed by atoms with Crippen LogP contribution in [0.3, 0.4) is 0 Å². The number of anilines is 1. The number of hydrogen-bond donors (Lipinski definition) is 0. The topological polar surface area (TPSA) is 43.9 Å². The van der Waals surface area contributed by atoms with Gasteiger partial charge in [0.2, 0.25) is 0 Å². The highest BCUT2D eigenvalue weighted by molar-refractivity contribution is 7.10. The van der Waals surface area contributed by atoms with E-state index in [0.29, 0.717) is 12.7 Å². The van der Waals surface area contributed by atoms with Gasteiger partial charge in [-0.15, -0.1) is 11.3 Å². The summed E-state index contributed by atoms with van der Waals surface area (Å²) in [5, 5.41) is 2.08. The second kappa shape index (κ2) is 6.85. The Kier molecular flexibility index (Phi) is 4.54. The molecule has 136 valence electrons.